The summed E-state index contributed by atoms with van der Waals surface area (Å²) < 4.78 is 5.48. The lowest BCUT2D eigenvalue weighted by Crippen LogP contribution is -2.17. The Bertz CT molecular complexity index is 454. The van der Waals surface area contributed by atoms with E-state index in [1.54, 1.807) is 18.5 Å². The van der Waals surface area contributed by atoms with Gasteiger partial charge in [-0.05, 0) is 37.1 Å². The molecule has 2 rings (SSSR count). The molecule has 0 saturated carbocycles. The fraction of sp³-hybridized carbons (Fsp3) is 0.231. The highest BCUT2D eigenvalue weighted by Crippen LogP contribution is 2.17. The number of ether oxygens (including phenoxy) is 1. The van der Waals surface area contributed by atoms with E-state index in [1.165, 1.54) is 5.56 Å². The van der Waals surface area contributed by atoms with E-state index < -0.39 is 0 Å². The molecule has 0 radical (unpaired) electrons. The number of hydrogen-bond acceptors (Lipinski definition) is 4. The molecule has 1 unspecified atom stereocenters. The van der Waals surface area contributed by atoms with Crippen molar-refractivity contribution in [3.63, 3.8) is 0 Å². The van der Waals surface area contributed by atoms with Crippen LogP contribution in [-0.4, -0.2) is 16.0 Å². The first kappa shape index (κ1) is 11.5. The van der Waals surface area contributed by atoms with E-state index in [0.717, 1.165) is 12.2 Å². The Balaban J connectivity index is 2.03. The number of nitrogens with two attached hydrogens (primary N) is 1. The zero-order valence-corrected chi connectivity index (χ0v) is 9.71. The molecule has 4 nitrogen and oxygen atoms in total. The quantitative estimate of drug-likeness (QED) is 0.872. The molecule has 0 saturated heterocycles. The topological polar surface area (TPSA) is 61.0 Å². The summed E-state index contributed by atoms with van der Waals surface area (Å²) in [6, 6.07) is 10.1. The lowest BCUT2D eigenvalue weighted by atomic mass is 10.1. The van der Waals surface area contributed by atoms with Crippen molar-refractivity contribution in [2.45, 2.75) is 19.4 Å². The number of nitrogens with zero attached hydrogens (tertiary/aromatic N) is 2. The Morgan fingerprint density at radius 1 is 1.18 bits per heavy atom. The monoisotopic (exact) mass is 229 g/mol. The highest BCUT2D eigenvalue weighted by Gasteiger charge is 2.01. The SMILES string of the molecule is CC(N)Cc1ccc(Oc2ncccn2)cc1. The van der Waals surface area contributed by atoms with Gasteiger partial charge in [0.25, 0.3) is 0 Å². The van der Waals surface area contributed by atoms with Gasteiger partial charge in [0, 0.05) is 18.4 Å². The molecule has 0 aliphatic rings. The van der Waals surface area contributed by atoms with Gasteiger partial charge in [0.1, 0.15) is 5.75 Å². The standard InChI is InChI=1S/C13H15N3O/c1-10(14)9-11-3-5-12(6-4-11)17-13-15-7-2-8-16-13/h2-8,10H,9,14H2,1H3. The lowest BCUT2D eigenvalue weighted by molar-refractivity contribution is 0.441. The first-order valence-corrected chi connectivity index (χ1v) is 5.53. The minimum atomic E-state index is 0.166. The van der Waals surface area contributed by atoms with Gasteiger partial charge in [-0.2, -0.15) is 0 Å². The van der Waals surface area contributed by atoms with E-state index in [1.807, 2.05) is 31.2 Å². The molecular formula is C13H15N3O. The highest BCUT2D eigenvalue weighted by atomic mass is 16.5. The fourth-order valence-corrected chi connectivity index (χ4v) is 1.51. The minimum Gasteiger partial charge on any atom is -0.424 e. The van der Waals surface area contributed by atoms with Crippen molar-refractivity contribution in [1.82, 2.24) is 9.97 Å². The van der Waals surface area contributed by atoms with E-state index >= 15 is 0 Å². The van der Waals surface area contributed by atoms with E-state index in [0.29, 0.717) is 6.01 Å². The van der Waals surface area contributed by atoms with Gasteiger partial charge in [-0.15, -0.1) is 0 Å². The molecule has 2 aromatic rings. The van der Waals surface area contributed by atoms with Gasteiger partial charge >= 0.3 is 6.01 Å². The Kier molecular flexibility index (Phi) is 3.67. The van der Waals surface area contributed by atoms with Crippen LogP contribution in [0.15, 0.2) is 42.7 Å². The zero-order valence-electron chi connectivity index (χ0n) is 9.71. The van der Waals surface area contributed by atoms with E-state index in [2.05, 4.69) is 9.97 Å². The van der Waals surface area contributed by atoms with Crippen molar-refractivity contribution in [1.29, 1.82) is 0 Å². The van der Waals surface area contributed by atoms with Gasteiger partial charge in [-0.1, -0.05) is 12.1 Å². The summed E-state index contributed by atoms with van der Waals surface area (Å²) in [5, 5.41) is 0. The van der Waals surface area contributed by atoms with Gasteiger partial charge in [-0.25, -0.2) is 9.97 Å². The van der Waals surface area contributed by atoms with Crippen LogP contribution in [0, 0.1) is 0 Å². The molecule has 2 N–H and O–H groups in total. The maximum atomic E-state index is 5.73. The number of benzene rings is 1. The van der Waals surface area contributed by atoms with Crippen LogP contribution >= 0.6 is 0 Å². The third-order valence-corrected chi connectivity index (χ3v) is 2.23. The molecule has 0 aliphatic heterocycles. The molecule has 88 valence electrons. The van der Waals surface area contributed by atoms with Crippen molar-refractivity contribution in [2.75, 3.05) is 0 Å². The van der Waals surface area contributed by atoms with Crippen LogP contribution in [0.4, 0.5) is 0 Å². The van der Waals surface area contributed by atoms with Gasteiger partial charge in [-0.3, -0.25) is 0 Å². The predicted octanol–water partition coefficient (Wildman–Crippen LogP) is 2.16. The molecule has 0 bridgehead atoms. The maximum absolute atomic E-state index is 5.73. The third kappa shape index (κ3) is 3.53. The molecule has 0 aliphatic carbocycles. The van der Waals surface area contributed by atoms with Crippen LogP contribution in [0.25, 0.3) is 0 Å². The Hall–Kier alpha value is -1.94. The van der Waals surface area contributed by atoms with E-state index in [-0.39, 0.29) is 6.04 Å². The molecule has 0 amide bonds. The lowest BCUT2D eigenvalue weighted by Gasteiger charge is -2.06. The van der Waals surface area contributed by atoms with E-state index in [4.69, 9.17) is 10.5 Å². The highest BCUT2D eigenvalue weighted by molar-refractivity contribution is 5.29. The van der Waals surface area contributed by atoms with Crippen LogP contribution in [-0.2, 0) is 6.42 Å². The van der Waals surface area contributed by atoms with Crippen molar-refractivity contribution in [2.24, 2.45) is 5.73 Å². The summed E-state index contributed by atoms with van der Waals surface area (Å²) in [5.74, 6) is 0.727. The van der Waals surface area contributed by atoms with Crippen molar-refractivity contribution >= 4 is 0 Å². The van der Waals surface area contributed by atoms with Crippen LogP contribution < -0.4 is 10.5 Å². The number of aromatic nitrogens is 2. The third-order valence-electron chi connectivity index (χ3n) is 2.23. The predicted molar refractivity (Wildman–Crippen MR) is 65.9 cm³/mol. The van der Waals surface area contributed by atoms with Gasteiger partial charge < -0.3 is 10.5 Å². The van der Waals surface area contributed by atoms with Crippen molar-refractivity contribution in [3.05, 3.63) is 48.3 Å². The Morgan fingerprint density at radius 2 is 1.82 bits per heavy atom. The largest absolute Gasteiger partial charge is 0.424 e. The molecule has 1 aromatic carbocycles. The van der Waals surface area contributed by atoms with Gasteiger partial charge in [0.2, 0.25) is 0 Å². The number of rotatable bonds is 4. The molecule has 1 aromatic heterocycles. The summed E-state index contributed by atoms with van der Waals surface area (Å²) >= 11 is 0. The summed E-state index contributed by atoms with van der Waals surface area (Å²) in [7, 11) is 0. The summed E-state index contributed by atoms with van der Waals surface area (Å²) in [6.07, 6.45) is 4.15. The van der Waals surface area contributed by atoms with Crippen LogP contribution in [0.3, 0.4) is 0 Å². The first-order chi connectivity index (χ1) is 8.24. The smallest absolute Gasteiger partial charge is 0.321 e. The molecule has 0 fully saturated rings. The molecule has 0 spiro atoms. The average molecular weight is 229 g/mol. The molecule has 1 heterocycles. The Morgan fingerprint density at radius 3 is 2.41 bits per heavy atom. The Labute approximate surface area is 100 Å². The van der Waals surface area contributed by atoms with E-state index in [9.17, 15) is 0 Å². The van der Waals surface area contributed by atoms with Crippen LogP contribution in [0.5, 0.6) is 11.8 Å². The fourth-order valence-electron chi connectivity index (χ4n) is 1.51. The summed E-state index contributed by atoms with van der Waals surface area (Å²) in [4.78, 5) is 7.98. The second-order valence-corrected chi connectivity index (χ2v) is 3.96. The summed E-state index contributed by atoms with van der Waals surface area (Å²) in [5.41, 5.74) is 6.93. The summed E-state index contributed by atoms with van der Waals surface area (Å²) in [6.45, 7) is 1.99. The first-order valence-electron chi connectivity index (χ1n) is 5.53. The van der Waals surface area contributed by atoms with Crippen LogP contribution in [0.2, 0.25) is 0 Å². The maximum Gasteiger partial charge on any atom is 0.321 e. The zero-order chi connectivity index (χ0) is 12.1. The minimum absolute atomic E-state index is 0.166. The second-order valence-electron chi connectivity index (χ2n) is 3.96. The molecule has 17 heavy (non-hydrogen) atoms. The van der Waals surface area contributed by atoms with Crippen molar-refractivity contribution in [3.8, 4) is 11.8 Å². The average Bonchev–Trinajstić information content (AvgIpc) is 2.32. The van der Waals surface area contributed by atoms with Crippen LogP contribution in [0.1, 0.15) is 12.5 Å². The molecule has 4 heteroatoms. The van der Waals surface area contributed by atoms with Gasteiger partial charge in [0.05, 0.1) is 0 Å². The molecule has 1 atom stereocenters. The number of hydrogen-bond donors (Lipinski definition) is 1. The van der Waals surface area contributed by atoms with Crippen molar-refractivity contribution < 1.29 is 4.74 Å². The molecular weight excluding hydrogens is 214 g/mol. The second kappa shape index (κ2) is 5.41. The normalized spacial score (nSPS) is 12.1. The van der Waals surface area contributed by atoms with Gasteiger partial charge in [0.15, 0.2) is 0 Å².